The molecule has 0 fully saturated rings. The van der Waals surface area contributed by atoms with E-state index >= 15 is 0 Å². The van der Waals surface area contributed by atoms with E-state index in [2.05, 4.69) is 12.1 Å². The molecular formula is C25H22Cl2N2O2. The van der Waals surface area contributed by atoms with Gasteiger partial charge in [-0.3, -0.25) is 5.01 Å². The zero-order valence-electron chi connectivity index (χ0n) is 17.3. The molecule has 3 aromatic carbocycles. The van der Waals surface area contributed by atoms with Crippen molar-refractivity contribution in [2.45, 2.75) is 12.5 Å². The van der Waals surface area contributed by atoms with Gasteiger partial charge < -0.3 is 9.47 Å². The Labute approximate surface area is 192 Å². The number of hydrogen-bond donors (Lipinski definition) is 0. The average molecular weight is 453 g/mol. The minimum absolute atomic E-state index is 0.00242. The summed E-state index contributed by atoms with van der Waals surface area (Å²) in [5.74, 6) is 1.64. The average Bonchev–Trinajstić information content (AvgIpc) is 3.23. The molecule has 1 unspecified atom stereocenters. The molecule has 0 aliphatic carbocycles. The molecule has 0 saturated carbocycles. The van der Waals surface area contributed by atoms with Gasteiger partial charge in [0.25, 0.3) is 0 Å². The van der Waals surface area contributed by atoms with Gasteiger partial charge in [0.2, 0.25) is 0 Å². The van der Waals surface area contributed by atoms with Gasteiger partial charge in [-0.25, -0.2) is 0 Å². The molecular weight excluding hydrogens is 431 g/mol. The Morgan fingerprint density at radius 3 is 2.16 bits per heavy atom. The number of rotatable bonds is 6. The summed E-state index contributed by atoms with van der Waals surface area (Å²) in [6.07, 6.45) is 4.82. The first kappa shape index (κ1) is 21.3. The zero-order valence-corrected chi connectivity index (χ0v) is 18.8. The van der Waals surface area contributed by atoms with Gasteiger partial charge in [-0.1, -0.05) is 53.5 Å². The highest BCUT2D eigenvalue weighted by atomic mass is 35.5. The molecule has 158 valence electrons. The lowest BCUT2D eigenvalue weighted by Gasteiger charge is -2.25. The smallest absolute Gasteiger partial charge is 0.118 e. The van der Waals surface area contributed by atoms with E-state index in [-0.39, 0.29) is 6.04 Å². The number of allylic oxidation sites excluding steroid dienone is 1. The minimum atomic E-state index is -0.00242. The lowest BCUT2D eigenvalue weighted by Crippen LogP contribution is -2.18. The molecule has 1 atom stereocenters. The van der Waals surface area contributed by atoms with Crippen molar-refractivity contribution in [2.24, 2.45) is 5.10 Å². The topological polar surface area (TPSA) is 34.1 Å². The van der Waals surface area contributed by atoms with E-state index in [1.165, 1.54) is 0 Å². The lowest BCUT2D eigenvalue weighted by atomic mass is 10.0. The Morgan fingerprint density at radius 2 is 1.52 bits per heavy atom. The molecule has 6 heteroatoms. The summed E-state index contributed by atoms with van der Waals surface area (Å²) < 4.78 is 10.5. The third-order valence-corrected chi connectivity index (χ3v) is 5.73. The standard InChI is InChI=1S/C25H22Cl2N2O2/c1-30-21-10-4-17(5-11-21)3-9-20-16-24(18-6-12-22(31-2)13-7-18)29(28-20)25-15-19(26)8-14-23(25)27/h3-15,24H,16H2,1-2H3/b9-3+. The SMILES string of the molecule is COc1ccc(/C=C/C2=NN(c3cc(Cl)ccc3Cl)C(c3ccc(OC)cc3)C2)cc1. The largest absolute Gasteiger partial charge is 0.497 e. The fourth-order valence-corrected chi connectivity index (χ4v) is 3.88. The predicted octanol–water partition coefficient (Wildman–Crippen LogP) is 7.03. The fourth-order valence-electron chi connectivity index (χ4n) is 3.51. The molecule has 4 nitrogen and oxygen atoms in total. The van der Waals surface area contributed by atoms with Crippen molar-refractivity contribution in [3.8, 4) is 11.5 Å². The van der Waals surface area contributed by atoms with Gasteiger partial charge >= 0.3 is 0 Å². The van der Waals surface area contributed by atoms with Crippen molar-refractivity contribution >= 4 is 40.7 Å². The van der Waals surface area contributed by atoms with Crippen LogP contribution in [0.4, 0.5) is 5.69 Å². The minimum Gasteiger partial charge on any atom is -0.497 e. The van der Waals surface area contributed by atoms with Crippen molar-refractivity contribution < 1.29 is 9.47 Å². The Balaban J connectivity index is 1.66. The summed E-state index contributed by atoms with van der Waals surface area (Å²) in [5.41, 5.74) is 3.92. The molecule has 0 spiro atoms. The molecule has 4 rings (SSSR count). The van der Waals surface area contributed by atoms with Crippen LogP contribution >= 0.6 is 23.2 Å². The maximum Gasteiger partial charge on any atom is 0.118 e. The maximum absolute atomic E-state index is 6.51. The number of hydrogen-bond acceptors (Lipinski definition) is 4. The van der Waals surface area contributed by atoms with Crippen LogP contribution in [0.5, 0.6) is 11.5 Å². The van der Waals surface area contributed by atoms with Crippen molar-refractivity contribution in [1.82, 2.24) is 0 Å². The third-order valence-electron chi connectivity index (χ3n) is 5.17. The van der Waals surface area contributed by atoms with E-state index in [4.69, 9.17) is 37.8 Å². The highest BCUT2D eigenvalue weighted by Crippen LogP contribution is 2.40. The number of ether oxygens (including phenoxy) is 2. The van der Waals surface area contributed by atoms with E-state index in [1.807, 2.05) is 59.6 Å². The zero-order chi connectivity index (χ0) is 21.8. The van der Waals surface area contributed by atoms with Crippen LogP contribution in [0.2, 0.25) is 10.0 Å². The van der Waals surface area contributed by atoms with E-state index in [9.17, 15) is 0 Å². The molecule has 0 radical (unpaired) electrons. The number of halogens is 2. The van der Waals surface area contributed by atoms with E-state index < -0.39 is 0 Å². The van der Waals surface area contributed by atoms with Crippen LogP contribution in [0.3, 0.4) is 0 Å². The number of benzene rings is 3. The summed E-state index contributed by atoms with van der Waals surface area (Å²) in [6, 6.07) is 21.3. The van der Waals surface area contributed by atoms with Gasteiger partial charge in [-0.05, 0) is 59.7 Å². The monoisotopic (exact) mass is 452 g/mol. The number of nitrogens with zero attached hydrogens (tertiary/aromatic N) is 2. The van der Waals surface area contributed by atoms with Gasteiger partial charge in [0.1, 0.15) is 11.5 Å². The number of methoxy groups -OCH3 is 2. The van der Waals surface area contributed by atoms with Crippen LogP contribution in [-0.2, 0) is 0 Å². The first-order valence-electron chi connectivity index (χ1n) is 9.85. The molecule has 1 aliphatic heterocycles. The van der Waals surface area contributed by atoms with E-state index in [1.54, 1.807) is 26.4 Å². The van der Waals surface area contributed by atoms with Crippen molar-refractivity contribution in [3.63, 3.8) is 0 Å². The summed E-state index contributed by atoms with van der Waals surface area (Å²) in [5, 5.41) is 8.04. The molecule has 31 heavy (non-hydrogen) atoms. The van der Waals surface area contributed by atoms with Crippen molar-refractivity contribution in [1.29, 1.82) is 0 Å². The fraction of sp³-hybridized carbons (Fsp3) is 0.160. The summed E-state index contributed by atoms with van der Waals surface area (Å²) in [7, 11) is 3.32. The predicted molar refractivity (Wildman–Crippen MR) is 129 cm³/mol. The quantitative estimate of drug-likeness (QED) is 0.402. The molecule has 1 heterocycles. The second-order valence-electron chi connectivity index (χ2n) is 7.13. The van der Waals surface area contributed by atoms with E-state index in [0.29, 0.717) is 10.0 Å². The Hall–Kier alpha value is -2.95. The van der Waals surface area contributed by atoms with Gasteiger partial charge in [-0.2, -0.15) is 5.10 Å². The van der Waals surface area contributed by atoms with Crippen molar-refractivity contribution in [3.05, 3.63) is 94.0 Å². The van der Waals surface area contributed by atoms with Crippen LogP contribution in [0.15, 0.2) is 77.9 Å². The van der Waals surface area contributed by atoms with Crippen molar-refractivity contribution in [2.75, 3.05) is 19.2 Å². The number of hydrazone groups is 1. The van der Waals surface area contributed by atoms with Gasteiger partial charge in [0.05, 0.1) is 36.7 Å². The first-order chi connectivity index (χ1) is 15.1. The van der Waals surface area contributed by atoms with Gasteiger partial charge in [-0.15, -0.1) is 0 Å². The van der Waals surface area contributed by atoms with Crippen LogP contribution in [-0.4, -0.2) is 19.9 Å². The summed E-state index contributed by atoms with van der Waals surface area (Å²) in [6.45, 7) is 0. The second-order valence-corrected chi connectivity index (χ2v) is 7.97. The summed E-state index contributed by atoms with van der Waals surface area (Å²) in [4.78, 5) is 0. The summed E-state index contributed by atoms with van der Waals surface area (Å²) >= 11 is 12.8. The van der Waals surface area contributed by atoms with Gasteiger partial charge in [0, 0.05) is 11.4 Å². The molecule has 0 saturated heterocycles. The second kappa shape index (κ2) is 9.46. The lowest BCUT2D eigenvalue weighted by molar-refractivity contribution is 0.414. The van der Waals surface area contributed by atoms with Crippen LogP contribution in [0.1, 0.15) is 23.6 Å². The highest BCUT2D eigenvalue weighted by molar-refractivity contribution is 6.35. The van der Waals surface area contributed by atoms with Gasteiger partial charge in [0.15, 0.2) is 0 Å². The first-order valence-corrected chi connectivity index (χ1v) is 10.6. The normalized spacial score (nSPS) is 15.9. The molecule has 3 aromatic rings. The molecule has 0 N–H and O–H groups in total. The van der Waals surface area contributed by atoms with Crippen LogP contribution in [0, 0.1) is 0 Å². The van der Waals surface area contributed by atoms with E-state index in [0.717, 1.165) is 40.4 Å². The Kier molecular flexibility index (Phi) is 6.50. The molecule has 1 aliphatic rings. The van der Waals surface area contributed by atoms with Crippen LogP contribution < -0.4 is 14.5 Å². The van der Waals surface area contributed by atoms with Crippen LogP contribution in [0.25, 0.3) is 6.08 Å². The molecule has 0 amide bonds. The Bertz CT molecular complexity index is 1110. The maximum atomic E-state index is 6.51. The third kappa shape index (κ3) is 4.87. The highest BCUT2D eigenvalue weighted by Gasteiger charge is 2.29. The number of anilines is 1. The molecule has 0 aromatic heterocycles. The Morgan fingerprint density at radius 1 is 0.871 bits per heavy atom. The molecule has 0 bridgehead atoms.